The molecular weight excluding hydrogens is 1520 g/mol. The fourth-order valence-corrected chi connectivity index (χ4v) is 27.1. The van der Waals surface area contributed by atoms with E-state index in [4.69, 9.17) is 12.9 Å². The van der Waals surface area contributed by atoms with Gasteiger partial charge in [0.25, 0.3) is 0 Å². The van der Waals surface area contributed by atoms with Gasteiger partial charge < -0.3 is 42.6 Å². The first-order valence-corrected chi connectivity index (χ1v) is 44.5. The molecule has 4 unspecified atom stereocenters. The summed E-state index contributed by atoms with van der Waals surface area (Å²) in [4.78, 5) is 0. The van der Waals surface area contributed by atoms with Crippen LogP contribution in [0.2, 0.25) is 0 Å². The van der Waals surface area contributed by atoms with E-state index in [9.17, 15) is 0 Å². The summed E-state index contributed by atoms with van der Waals surface area (Å²) in [5.74, 6) is 4.17. The molecule has 0 radical (unpaired) electrons. The van der Waals surface area contributed by atoms with Crippen LogP contribution in [0.1, 0.15) is 110 Å². The van der Waals surface area contributed by atoms with Gasteiger partial charge in [-0.1, -0.05) is 393 Å². The molecule has 0 bridgehead atoms. The predicted octanol–water partition coefficient (Wildman–Crippen LogP) is 28.3. The minimum atomic E-state index is -1.97. The van der Waals surface area contributed by atoms with Crippen LogP contribution in [0.25, 0.3) is 76.2 Å². The Kier molecular flexibility index (Phi) is 32.8. The van der Waals surface area contributed by atoms with Gasteiger partial charge in [-0.2, -0.15) is 0 Å². The number of hydrogen-bond acceptors (Lipinski definition) is 3. The van der Waals surface area contributed by atoms with Gasteiger partial charge in [-0.3, -0.25) is 0 Å². The summed E-state index contributed by atoms with van der Waals surface area (Å²) in [5, 5.41) is 21.1. The Hall–Kier alpha value is -7.85. The van der Waals surface area contributed by atoms with Crippen molar-refractivity contribution in [1.82, 2.24) is 0 Å². The van der Waals surface area contributed by atoms with Crippen molar-refractivity contribution in [3.05, 3.63) is 357 Å². The van der Waals surface area contributed by atoms with Crippen LogP contribution in [-0.4, -0.2) is 11.8 Å². The van der Waals surface area contributed by atoms with E-state index in [-0.39, 0.29) is 79.7 Å². The quantitative estimate of drug-likeness (QED) is 0.0583. The molecule has 0 N–H and O–H groups in total. The molecule has 14 aromatic carbocycles. The van der Waals surface area contributed by atoms with Crippen molar-refractivity contribution in [1.29, 1.82) is 0 Å². The van der Waals surface area contributed by atoms with Gasteiger partial charge in [-0.05, 0) is 183 Å². The maximum Gasteiger partial charge on any atom is 2.00 e. The molecule has 1 aromatic heterocycles. The zero-order chi connectivity index (χ0) is 71.2. The van der Waals surface area contributed by atoms with Crippen LogP contribution in [0.15, 0.2) is 336 Å². The van der Waals surface area contributed by atoms with Gasteiger partial charge in [-0.15, -0.1) is 0 Å². The Bertz CT molecular complexity index is 5170. The van der Waals surface area contributed by atoms with Crippen molar-refractivity contribution in [2.45, 2.75) is 115 Å². The molecule has 3 nitrogen and oxygen atoms in total. The van der Waals surface area contributed by atoms with Gasteiger partial charge in [0, 0.05) is 21.9 Å². The van der Waals surface area contributed by atoms with E-state index in [1.165, 1.54) is 136 Å². The third-order valence-corrected chi connectivity index (χ3v) is 32.0. The molecule has 5 atom stereocenters. The average molecular weight is 1630 g/mol. The summed E-state index contributed by atoms with van der Waals surface area (Å²) in [6, 6.07) is 119. The molecule has 0 spiro atoms. The second-order valence-electron chi connectivity index (χ2n) is 29.4. The third-order valence-electron chi connectivity index (χ3n) is 22.9. The first-order valence-electron chi connectivity index (χ1n) is 39.2. The molecule has 1 heterocycles. The largest absolute Gasteiger partial charge is 2.00 e. The van der Waals surface area contributed by atoms with Gasteiger partial charge in [0.1, 0.15) is 16.9 Å². The van der Waals surface area contributed by atoms with E-state index in [0.717, 1.165) is 89.1 Å². The van der Waals surface area contributed by atoms with Gasteiger partial charge in [0.15, 0.2) is 0 Å². The van der Waals surface area contributed by atoms with Gasteiger partial charge in [0.2, 0.25) is 0 Å². The zero-order valence-corrected chi connectivity index (χ0v) is 71.6. The first kappa shape index (κ1) is 86.6. The van der Waals surface area contributed by atoms with E-state index in [0.29, 0.717) is 11.4 Å². The fourth-order valence-electron chi connectivity index (χ4n) is 17.9. The Labute approximate surface area is 695 Å². The monoisotopic (exact) mass is 1630 g/mol. The Morgan fingerprint density at radius 3 is 1.11 bits per heavy atom. The predicted molar refractivity (Wildman–Crippen MR) is 489 cm³/mol. The number of fused-ring (bicyclic) bond motifs is 9. The Morgan fingerprint density at radius 2 is 0.670 bits per heavy atom. The second-order valence-corrected chi connectivity index (χ2v) is 37.4. The summed E-state index contributed by atoms with van der Waals surface area (Å²) in [6.45, 7) is 2.61. The summed E-state index contributed by atoms with van der Waals surface area (Å²) < 4.78 is 21.1. The van der Waals surface area contributed by atoms with E-state index < -0.39 is 16.2 Å². The van der Waals surface area contributed by atoms with Crippen molar-refractivity contribution in [2.24, 2.45) is 23.7 Å². The molecule has 4 aliphatic carbocycles. The van der Waals surface area contributed by atoms with Crippen LogP contribution in [0.3, 0.4) is 0 Å². The maximum atomic E-state index is 7.19. The number of rotatable bonds is 15. The standard InChI is InChI=1S/C52H34O3P2.C37H42P2.2C5H10.4CH3.2Fe/c1-3-19-39(20-4-1)56(40-21-5-2-6-22-40)48-34-30-38-18-10-14-26-44(38)52(48)51-43-25-13-9-17-37(43)29-33-47(51)55-57-53-45-31-27-35-15-7-11-23-41(35)49(45)50-42-24-12-8-16-36(42)28-32-46(50)54-57;1-29(39(33-21-10-4-11-22-33)34-23-12-5-13-24-34)35-25-15-27-37(35)36-26-14-16-30(36)28-38(31-17-6-2-7-18-31)32-19-8-3-9-20-32;2*1-2-4-5-3-1;;;;;;/h1-34H;2-13,17-24,29-30,35-37H,14-16,25-28H2,1H3;2*1-5H2;4*1H3;;/q;;;;4*-1;2*+2/t;29-,30?,35?,36?,37?;;;;;;;;/m.0......../s1. The van der Waals surface area contributed by atoms with E-state index in [2.05, 4.69) is 335 Å². The van der Waals surface area contributed by atoms with Gasteiger partial charge >= 0.3 is 42.4 Å². The summed E-state index contributed by atoms with van der Waals surface area (Å²) in [6.07, 6.45) is 24.9. The van der Waals surface area contributed by atoms with Crippen LogP contribution in [-0.2, 0) is 34.1 Å². The minimum Gasteiger partial charge on any atom is -0.390 e. The van der Waals surface area contributed by atoms with Crippen LogP contribution in [0.5, 0.6) is 5.75 Å². The minimum absolute atomic E-state index is 0. The molecule has 4 saturated carbocycles. The van der Waals surface area contributed by atoms with E-state index in [1.807, 2.05) is 0 Å². The normalized spacial score (nSPS) is 16.4. The van der Waals surface area contributed by atoms with E-state index >= 15 is 0 Å². The number of hydrogen-bond donors (Lipinski definition) is 0. The van der Waals surface area contributed by atoms with Crippen molar-refractivity contribution < 1.29 is 47.1 Å². The van der Waals surface area contributed by atoms with Crippen LogP contribution >= 0.6 is 32.0 Å². The molecule has 4 aliphatic rings. The van der Waals surface area contributed by atoms with Crippen molar-refractivity contribution >= 4 is 134 Å². The summed E-state index contributed by atoms with van der Waals surface area (Å²) in [5.41, 5.74) is 4.36. The molecule has 19 rings (SSSR count). The topological polar surface area (TPSA) is 35.5 Å². The maximum absolute atomic E-state index is 7.19. The zero-order valence-electron chi connectivity index (χ0n) is 65.8. The first-order chi connectivity index (χ1) is 52.6. The van der Waals surface area contributed by atoms with Crippen molar-refractivity contribution in [3.63, 3.8) is 0 Å². The summed E-state index contributed by atoms with van der Waals surface area (Å²) in [7, 11) is -3.62. The molecule has 9 heteroatoms. The van der Waals surface area contributed by atoms with Crippen molar-refractivity contribution in [2.75, 3.05) is 6.16 Å². The third kappa shape index (κ3) is 19.7. The van der Waals surface area contributed by atoms with Crippen molar-refractivity contribution in [3.8, 4) is 16.9 Å². The van der Waals surface area contributed by atoms with Crippen LogP contribution in [0.4, 0.5) is 0 Å². The van der Waals surface area contributed by atoms with Gasteiger partial charge in [-0.25, -0.2) is 0 Å². The van der Waals surface area contributed by atoms with Crippen LogP contribution in [0, 0.1) is 53.4 Å². The molecular formula is C103H108Fe2O3P4. The Balaban J connectivity index is 0.000000211. The average Bonchev–Trinajstić information content (AvgIpc) is 1.74. The smallest absolute Gasteiger partial charge is 0.390 e. The molecule has 0 amide bonds. The molecule has 574 valence electrons. The van der Waals surface area contributed by atoms with Crippen LogP contribution < -0.4 is 41.7 Å². The second kappa shape index (κ2) is 42.5. The molecule has 0 saturated heterocycles. The molecule has 4 fully saturated rings. The van der Waals surface area contributed by atoms with Gasteiger partial charge in [0.05, 0.1) is 0 Å². The summed E-state index contributed by atoms with van der Waals surface area (Å²) >= 11 is 0. The molecule has 15 aromatic rings. The fraction of sp³-hybridized carbons (Fsp3) is 0.223. The van der Waals surface area contributed by atoms with E-state index in [1.54, 1.807) is 21.2 Å². The number of benzene rings is 14. The SMILES string of the molecule is C1CCCC1.C1CCCC1.C[C@@H](C1CCCC1C1CCCC1CP(c1ccccc1)c1ccccc1)P(c1ccccc1)c1ccccc1.[CH3-].[CH3-].[CH3-].[CH3-].[Fe+2].[Fe+2].c1ccc(P(c2ccccc2)c2ccc3ccccc3c2-c2c(Op3oc4ccc5ccccc5c4c4c(ccc5ccccc54)o3)ccc3ccccc23)cc1. The molecule has 0 aliphatic heterocycles. The Morgan fingerprint density at radius 1 is 0.330 bits per heavy atom. The molecule has 112 heavy (non-hydrogen) atoms.